The number of carbonyl (C=O) groups excluding carboxylic acids is 9. The Bertz CT molecular complexity index is 2160. The number of carbonyl (C=O) groups is 10. The minimum atomic E-state index is -1.04. The third-order valence-electron chi connectivity index (χ3n) is 9.47. The Labute approximate surface area is 480 Å². The van der Waals surface area contributed by atoms with Gasteiger partial charge in [0.2, 0.25) is 0 Å². The second kappa shape index (κ2) is 35.4. The number of nitrogens with one attached hydrogen (secondary N) is 4. The molecule has 0 saturated carbocycles. The zero-order chi connectivity index (χ0) is 63.3. The zero-order valence-corrected chi connectivity index (χ0v) is 52.0. The van der Waals surface area contributed by atoms with Gasteiger partial charge in [0.05, 0.1) is 0 Å². The van der Waals surface area contributed by atoms with Crippen LogP contribution in [0.15, 0.2) is 30.3 Å². The standard InChI is InChI=1S/C26H40N2O7.C19H34N2O7.C13H25NO4/c1-18(13-15-21(29)33-17-19-11-9-8-10-12-19)27-24(32)28-20(23(31)35-26(5,6)7)14-16-22(30)34-25(2,3)4;1-12(8-10-14(22)23)20-17(26)21-13(16(25)28-19(5,6)7)9-11-15(24)27-18(2,3)4;1-12(2,3)17-10(15)8-7-9(14)11(16)18-13(4,5)6/h8-12,18,20H,13-17H2,1-7H3,(H2,27,28,32);12-13H,8-11H2,1-7H3,(H,22,23)(H2,20,21,26);9H,7-8,14H2,1-6H3/t18-,20+;12-,13+;9-/m110/s1. The summed E-state index contributed by atoms with van der Waals surface area (Å²) in [7, 11) is 0. The predicted octanol–water partition coefficient (Wildman–Crippen LogP) is 8.18. The van der Waals surface area contributed by atoms with Gasteiger partial charge in [0, 0.05) is 44.2 Å². The molecule has 0 radical (unpaired) electrons. The van der Waals surface area contributed by atoms with Crippen LogP contribution >= 0.6 is 0 Å². The topological polar surface area (TPSA) is 330 Å². The van der Waals surface area contributed by atoms with Crippen molar-refractivity contribution in [3.05, 3.63) is 35.9 Å². The number of urea groups is 2. The van der Waals surface area contributed by atoms with E-state index in [2.05, 4.69) is 21.3 Å². The molecule has 0 aliphatic carbocycles. The molecule has 7 N–H and O–H groups in total. The Morgan fingerprint density at radius 1 is 0.420 bits per heavy atom. The van der Waals surface area contributed by atoms with Crippen LogP contribution in [0.25, 0.3) is 0 Å². The van der Waals surface area contributed by atoms with Crippen molar-refractivity contribution >= 4 is 59.8 Å². The Hall–Kier alpha value is -6.52. The normalized spacial score (nSPS) is 13.6. The summed E-state index contributed by atoms with van der Waals surface area (Å²) in [5, 5.41) is 19.0. The lowest BCUT2D eigenvalue weighted by molar-refractivity contribution is -0.160. The number of amides is 4. The molecule has 464 valence electrons. The number of carboxylic acid groups (broad SMARTS) is 1. The molecule has 0 unspecified atom stereocenters. The molecule has 0 bridgehead atoms. The van der Waals surface area contributed by atoms with Crippen LogP contribution in [0.4, 0.5) is 9.59 Å². The number of rotatable bonds is 24. The maximum absolute atomic E-state index is 12.6. The van der Waals surface area contributed by atoms with E-state index in [9.17, 15) is 47.9 Å². The largest absolute Gasteiger partial charge is 0.481 e. The first-order valence-corrected chi connectivity index (χ1v) is 27.3. The molecule has 4 amide bonds. The quantitative estimate of drug-likeness (QED) is 0.0419. The first-order valence-electron chi connectivity index (χ1n) is 27.3. The number of ether oxygens (including phenoxy) is 7. The van der Waals surface area contributed by atoms with Crippen molar-refractivity contribution in [2.45, 2.75) is 273 Å². The summed E-state index contributed by atoms with van der Waals surface area (Å²) in [5.74, 6) is -4.45. The number of esters is 7. The van der Waals surface area contributed by atoms with Crippen LogP contribution in [0.2, 0.25) is 0 Å². The average molecular weight is 1150 g/mol. The van der Waals surface area contributed by atoms with E-state index < -0.39 is 106 Å². The Kier molecular flexibility index (Phi) is 33.4. The third kappa shape index (κ3) is 46.9. The Morgan fingerprint density at radius 2 is 0.728 bits per heavy atom. The second-order valence-electron chi connectivity index (χ2n) is 25.3. The van der Waals surface area contributed by atoms with Crippen LogP contribution in [0.1, 0.15) is 208 Å². The number of carboxylic acids is 1. The van der Waals surface area contributed by atoms with E-state index in [-0.39, 0.29) is 82.4 Å². The highest BCUT2D eigenvalue weighted by molar-refractivity contribution is 5.85. The van der Waals surface area contributed by atoms with Gasteiger partial charge in [-0.1, -0.05) is 30.3 Å². The number of hydrogen-bond donors (Lipinski definition) is 6. The smallest absolute Gasteiger partial charge is 0.329 e. The lowest BCUT2D eigenvalue weighted by Crippen LogP contribution is -2.50. The number of nitrogens with two attached hydrogens (primary N) is 1. The molecule has 0 saturated heterocycles. The van der Waals surface area contributed by atoms with Gasteiger partial charge in [-0.15, -0.1) is 0 Å². The molecule has 0 spiro atoms. The van der Waals surface area contributed by atoms with E-state index in [0.29, 0.717) is 6.42 Å². The Balaban J connectivity index is 0. The van der Waals surface area contributed by atoms with Gasteiger partial charge in [-0.05, 0) is 176 Å². The van der Waals surface area contributed by atoms with Crippen LogP contribution < -0.4 is 27.0 Å². The maximum Gasteiger partial charge on any atom is 0.329 e. The van der Waals surface area contributed by atoms with Crippen molar-refractivity contribution in [3.63, 3.8) is 0 Å². The summed E-state index contributed by atoms with van der Waals surface area (Å²) in [4.78, 5) is 119. The van der Waals surface area contributed by atoms with Gasteiger partial charge in [0.1, 0.15) is 58.3 Å². The molecule has 0 heterocycles. The van der Waals surface area contributed by atoms with E-state index in [4.69, 9.17) is 44.0 Å². The summed E-state index contributed by atoms with van der Waals surface area (Å²) < 4.78 is 36.7. The van der Waals surface area contributed by atoms with E-state index in [1.807, 2.05) is 30.3 Å². The average Bonchev–Trinajstić information content (AvgIpc) is 3.26. The number of aliphatic carboxylic acids is 1. The molecule has 0 aliphatic heterocycles. The van der Waals surface area contributed by atoms with Crippen LogP contribution in [0.5, 0.6) is 0 Å². The molecule has 0 aromatic heterocycles. The number of hydrogen-bond acceptors (Lipinski definition) is 18. The van der Waals surface area contributed by atoms with Crippen molar-refractivity contribution in [2.75, 3.05) is 0 Å². The lowest BCUT2D eigenvalue weighted by atomic mass is 10.1. The van der Waals surface area contributed by atoms with E-state index >= 15 is 0 Å². The van der Waals surface area contributed by atoms with E-state index in [1.165, 1.54) is 0 Å². The van der Waals surface area contributed by atoms with Gasteiger partial charge < -0.3 is 65.3 Å². The highest BCUT2D eigenvalue weighted by Gasteiger charge is 2.31. The van der Waals surface area contributed by atoms with Crippen LogP contribution in [-0.2, 0) is 78.1 Å². The Morgan fingerprint density at radius 3 is 1.06 bits per heavy atom. The van der Waals surface area contributed by atoms with Crippen molar-refractivity contribution < 1.29 is 86.2 Å². The van der Waals surface area contributed by atoms with E-state index in [0.717, 1.165) is 5.56 Å². The summed E-state index contributed by atoms with van der Waals surface area (Å²) in [6, 6.07) is 4.47. The van der Waals surface area contributed by atoms with Gasteiger partial charge >= 0.3 is 59.8 Å². The molecule has 23 nitrogen and oxygen atoms in total. The predicted molar refractivity (Wildman–Crippen MR) is 303 cm³/mol. The molecule has 1 aromatic carbocycles. The van der Waals surface area contributed by atoms with Crippen LogP contribution in [0, 0.1) is 0 Å². The molecule has 1 rings (SSSR count). The SMILES string of the molecule is CC(C)(C)OC(=O)CC[C@H](N)C(=O)OC(C)(C)C.C[C@H](CCC(=O)O)NC(=O)N[C@@H](CCC(=O)OC(C)(C)C)C(=O)OC(C)(C)C.C[C@H](CCC(=O)OCc1ccccc1)NC(=O)N[C@@H](CCC(=O)OC(C)(C)C)C(=O)OC(C)(C)C. The zero-order valence-electron chi connectivity index (χ0n) is 52.0. The molecule has 0 aliphatic rings. The van der Waals surface area contributed by atoms with Crippen molar-refractivity contribution in [1.29, 1.82) is 0 Å². The minimum absolute atomic E-state index is 0.0146. The fraction of sp³-hybridized carbons (Fsp3) is 0.724. The highest BCUT2D eigenvalue weighted by atomic mass is 16.6. The lowest BCUT2D eigenvalue weighted by Gasteiger charge is -2.25. The molecule has 1 aromatic rings. The molecular formula is C58H99N5O18. The third-order valence-corrected chi connectivity index (χ3v) is 9.47. The monoisotopic (exact) mass is 1150 g/mol. The minimum Gasteiger partial charge on any atom is -0.481 e. The molecular weight excluding hydrogens is 1050 g/mol. The van der Waals surface area contributed by atoms with Crippen LogP contribution in [-0.4, -0.2) is 129 Å². The highest BCUT2D eigenvalue weighted by Crippen LogP contribution is 2.17. The molecule has 81 heavy (non-hydrogen) atoms. The summed E-state index contributed by atoms with van der Waals surface area (Å²) in [5.41, 5.74) is 2.64. The first-order chi connectivity index (χ1) is 36.6. The van der Waals surface area contributed by atoms with Crippen LogP contribution in [0.3, 0.4) is 0 Å². The first kappa shape index (κ1) is 76.5. The summed E-state index contributed by atoms with van der Waals surface area (Å²) in [6.45, 7) is 35.0. The van der Waals surface area contributed by atoms with Gasteiger partial charge in [0.25, 0.3) is 0 Å². The second-order valence-corrected chi connectivity index (χ2v) is 25.3. The molecule has 5 atom stereocenters. The maximum atomic E-state index is 12.6. The van der Waals surface area contributed by atoms with E-state index in [1.54, 1.807) is 138 Å². The molecule has 23 heteroatoms. The fourth-order valence-electron chi connectivity index (χ4n) is 6.19. The fourth-order valence-corrected chi connectivity index (χ4v) is 6.19. The van der Waals surface area contributed by atoms with Crippen molar-refractivity contribution in [2.24, 2.45) is 5.73 Å². The summed E-state index contributed by atoms with van der Waals surface area (Å²) >= 11 is 0. The van der Waals surface area contributed by atoms with Crippen molar-refractivity contribution in [1.82, 2.24) is 21.3 Å². The van der Waals surface area contributed by atoms with Gasteiger partial charge in [-0.25, -0.2) is 19.2 Å². The van der Waals surface area contributed by atoms with Gasteiger partial charge in [-0.3, -0.25) is 28.8 Å². The van der Waals surface area contributed by atoms with Crippen molar-refractivity contribution in [3.8, 4) is 0 Å². The van der Waals surface area contributed by atoms with Gasteiger partial charge in [-0.2, -0.15) is 0 Å². The van der Waals surface area contributed by atoms with Gasteiger partial charge in [0.15, 0.2) is 0 Å². The number of benzene rings is 1. The summed E-state index contributed by atoms with van der Waals surface area (Å²) in [6.07, 6.45) is 0.881. The molecule has 0 fully saturated rings.